The first kappa shape index (κ1) is 15.0. The average molecular weight is 267 g/mol. The van der Waals surface area contributed by atoms with Gasteiger partial charge in [-0.05, 0) is 12.8 Å². The number of carbonyl (C=O) groups is 1. The molecule has 0 fully saturated rings. The number of ether oxygens (including phenoxy) is 1. The molecule has 106 valence electrons. The minimum atomic E-state index is -0.773. The zero-order valence-corrected chi connectivity index (χ0v) is 11.4. The summed E-state index contributed by atoms with van der Waals surface area (Å²) in [5.74, 6) is 1.60. The third kappa shape index (κ3) is 4.99. The quantitative estimate of drug-likeness (QED) is 0.615. The summed E-state index contributed by atoms with van der Waals surface area (Å²) in [6, 6.07) is 0. The van der Waals surface area contributed by atoms with Crippen molar-refractivity contribution in [3.63, 3.8) is 0 Å². The lowest BCUT2D eigenvalue weighted by Crippen LogP contribution is -2.19. The molecule has 0 bridgehead atoms. The Balaban J connectivity index is 2.63. The van der Waals surface area contributed by atoms with Crippen LogP contribution in [0, 0.1) is 0 Å². The number of hydrogen-bond donors (Lipinski definition) is 3. The summed E-state index contributed by atoms with van der Waals surface area (Å²) >= 11 is 0. The van der Waals surface area contributed by atoms with E-state index in [9.17, 15) is 4.79 Å². The third-order valence-electron chi connectivity index (χ3n) is 2.48. The number of nitrogens with zero attached hydrogens (tertiary/aromatic N) is 2. The molecule has 4 N–H and O–H groups in total. The van der Waals surface area contributed by atoms with Crippen molar-refractivity contribution in [3.8, 4) is 0 Å². The van der Waals surface area contributed by atoms with Gasteiger partial charge in [0, 0.05) is 12.1 Å². The molecule has 1 aromatic rings. The zero-order chi connectivity index (χ0) is 14.1. The fraction of sp³-hybridized carbons (Fsp3) is 0.583. The molecule has 0 aliphatic carbocycles. The SMILES string of the molecule is CCCNc1ncnc(NCCOC(N)=O)c1CC. The van der Waals surface area contributed by atoms with Crippen molar-refractivity contribution < 1.29 is 9.53 Å². The molecule has 7 nitrogen and oxygen atoms in total. The molecule has 0 aromatic carbocycles. The number of rotatable bonds is 8. The van der Waals surface area contributed by atoms with Gasteiger partial charge < -0.3 is 21.1 Å². The van der Waals surface area contributed by atoms with Crippen molar-refractivity contribution in [1.82, 2.24) is 9.97 Å². The van der Waals surface area contributed by atoms with Crippen LogP contribution in [0.1, 0.15) is 25.8 Å². The molecule has 0 saturated heterocycles. The van der Waals surface area contributed by atoms with Crippen LogP contribution in [0.2, 0.25) is 0 Å². The van der Waals surface area contributed by atoms with E-state index in [1.54, 1.807) is 0 Å². The third-order valence-corrected chi connectivity index (χ3v) is 2.48. The van der Waals surface area contributed by atoms with Gasteiger partial charge in [0.15, 0.2) is 0 Å². The van der Waals surface area contributed by atoms with E-state index in [0.29, 0.717) is 6.54 Å². The molecule has 7 heteroatoms. The molecular weight excluding hydrogens is 246 g/mol. The molecule has 0 spiro atoms. The van der Waals surface area contributed by atoms with E-state index in [2.05, 4.69) is 32.3 Å². The highest BCUT2D eigenvalue weighted by atomic mass is 16.5. The van der Waals surface area contributed by atoms with E-state index < -0.39 is 6.09 Å². The molecule has 19 heavy (non-hydrogen) atoms. The Bertz CT molecular complexity index is 411. The van der Waals surface area contributed by atoms with Crippen molar-refractivity contribution in [3.05, 3.63) is 11.9 Å². The number of primary amides is 1. The maximum atomic E-state index is 10.4. The molecule has 0 saturated carbocycles. The molecule has 1 aromatic heterocycles. The normalized spacial score (nSPS) is 10.0. The van der Waals surface area contributed by atoms with E-state index in [1.807, 2.05) is 6.92 Å². The molecule has 0 radical (unpaired) electrons. The molecule has 0 aliphatic heterocycles. The first-order valence-electron chi connectivity index (χ1n) is 6.42. The fourth-order valence-electron chi connectivity index (χ4n) is 1.62. The summed E-state index contributed by atoms with van der Waals surface area (Å²) < 4.78 is 4.65. The molecule has 0 aliphatic rings. The van der Waals surface area contributed by atoms with Gasteiger partial charge >= 0.3 is 6.09 Å². The van der Waals surface area contributed by atoms with Crippen LogP contribution in [0.4, 0.5) is 16.4 Å². The number of nitrogens with two attached hydrogens (primary N) is 1. The zero-order valence-electron chi connectivity index (χ0n) is 11.4. The number of aromatic nitrogens is 2. The Kier molecular flexibility index (Phi) is 6.42. The number of amides is 1. The van der Waals surface area contributed by atoms with Crippen molar-refractivity contribution in [2.24, 2.45) is 5.73 Å². The lowest BCUT2D eigenvalue weighted by atomic mass is 10.2. The summed E-state index contributed by atoms with van der Waals surface area (Å²) in [5, 5.41) is 6.38. The van der Waals surface area contributed by atoms with E-state index >= 15 is 0 Å². The second kappa shape index (κ2) is 8.12. The van der Waals surface area contributed by atoms with Crippen LogP contribution in [0.25, 0.3) is 0 Å². The van der Waals surface area contributed by atoms with Crippen molar-refractivity contribution >= 4 is 17.7 Å². The van der Waals surface area contributed by atoms with Gasteiger partial charge in [-0.15, -0.1) is 0 Å². The minimum Gasteiger partial charge on any atom is -0.448 e. The van der Waals surface area contributed by atoms with Crippen LogP contribution >= 0.6 is 0 Å². The summed E-state index contributed by atoms with van der Waals surface area (Å²) in [7, 11) is 0. The van der Waals surface area contributed by atoms with Gasteiger partial charge in [-0.1, -0.05) is 13.8 Å². The van der Waals surface area contributed by atoms with E-state index in [4.69, 9.17) is 5.73 Å². The fourth-order valence-corrected chi connectivity index (χ4v) is 1.62. The maximum absolute atomic E-state index is 10.4. The van der Waals surface area contributed by atoms with E-state index in [1.165, 1.54) is 6.33 Å². The van der Waals surface area contributed by atoms with Crippen LogP contribution in [0.5, 0.6) is 0 Å². The first-order chi connectivity index (χ1) is 9.19. The van der Waals surface area contributed by atoms with Crippen LogP contribution in [-0.2, 0) is 11.2 Å². The molecule has 1 amide bonds. The Morgan fingerprint density at radius 1 is 1.26 bits per heavy atom. The van der Waals surface area contributed by atoms with Gasteiger partial charge in [0.1, 0.15) is 24.6 Å². The molecular formula is C12H21N5O2. The van der Waals surface area contributed by atoms with Gasteiger partial charge in [-0.25, -0.2) is 14.8 Å². The number of carbonyl (C=O) groups excluding carboxylic acids is 1. The number of nitrogens with one attached hydrogen (secondary N) is 2. The number of anilines is 2. The molecule has 1 rings (SSSR count). The highest BCUT2D eigenvalue weighted by Crippen LogP contribution is 2.20. The van der Waals surface area contributed by atoms with E-state index in [0.717, 1.165) is 36.6 Å². The largest absolute Gasteiger partial charge is 0.448 e. The summed E-state index contributed by atoms with van der Waals surface area (Å²) in [5.41, 5.74) is 5.91. The van der Waals surface area contributed by atoms with Gasteiger partial charge in [0.05, 0.1) is 6.54 Å². The summed E-state index contributed by atoms with van der Waals surface area (Å²) in [4.78, 5) is 18.9. The Hall–Kier alpha value is -2.05. The van der Waals surface area contributed by atoms with Gasteiger partial charge in [0.25, 0.3) is 0 Å². The van der Waals surface area contributed by atoms with Crippen LogP contribution in [-0.4, -0.2) is 35.8 Å². The second-order valence-electron chi connectivity index (χ2n) is 3.92. The predicted octanol–water partition coefficient (Wildman–Crippen LogP) is 1.37. The lowest BCUT2D eigenvalue weighted by molar-refractivity contribution is 0.161. The molecule has 0 atom stereocenters. The Labute approximate surface area is 113 Å². The highest BCUT2D eigenvalue weighted by Gasteiger charge is 2.08. The van der Waals surface area contributed by atoms with E-state index in [-0.39, 0.29) is 6.61 Å². The van der Waals surface area contributed by atoms with Crippen molar-refractivity contribution in [2.45, 2.75) is 26.7 Å². The predicted molar refractivity (Wildman–Crippen MR) is 74.2 cm³/mol. The summed E-state index contributed by atoms with van der Waals surface area (Å²) in [6.07, 6.45) is 2.58. The van der Waals surface area contributed by atoms with Crippen molar-refractivity contribution in [2.75, 3.05) is 30.3 Å². The lowest BCUT2D eigenvalue weighted by Gasteiger charge is -2.14. The van der Waals surface area contributed by atoms with Gasteiger partial charge in [0.2, 0.25) is 0 Å². The first-order valence-corrected chi connectivity index (χ1v) is 6.42. The Morgan fingerprint density at radius 2 is 1.89 bits per heavy atom. The Morgan fingerprint density at radius 3 is 2.42 bits per heavy atom. The van der Waals surface area contributed by atoms with Crippen molar-refractivity contribution in [1.29, 1.82) is 0 Å². The monoisotopic (exact) mass is 267 g/mol. The topological polar surface area (TPSA) is 102 Å². The van der Waals surface area contributed by atoms with Gasteiger partial charge in [-0.3, -0.25) is 0 Å². The average Bonchev–Trinajstić information content (AvgIpc) is 2.41. The molecule has 1 heterocycles. The van der Waals surface area contributed by atoms with Crippen LogP contribution < -0.4 is 16.4 Å². The summed E-state index contributed by atoms with van der Waals surface area (Å²) in [6.45, 7) is 5.68. The highest BCUT2D eigenvalue weighted by molar-refractivity contribution is 5.64. The van der Waals surface area contributed by atoms with Crippen LogP contribution in [0.3, 0.4) is 0 Å². The second-order valence-corrected chi connectivity index (χ2v) is 3.92. The maximum Gasteiger partial charge on any atom is 0.404 e. The molecule has 0 unspecified atom stereocenters. The minimum absolute atomic E-state index is 0.209. The number of hydrogen-bond acceptors (Lipinski definition) is 6. The standard InChI is InChI=1S/C12H21N5O2/c1-3-5-14-10-9(4-2)11(17-8-16-10)15-6-7-19-12(13)18/h8H,3-7H2,1-2H3,(H2,13,18)(H2,14,15,16,17). The van der Waals surface area contributed by atoms with Gasteiger partial charge in [-0.2, -0.15) is 0 Å². The smallest absolute Gasteiger partial charge is 0.404 e. The van der Waals surface area contributed by atoms with Crippen LogP contribution in [0.15, 0.2) is 6.33 Å².